The molecule has 3 aromatic rings. The monoisotopic (exact) mass is 583 g/mol. The van der Waals surface area contributed by atoms with Crippen molar-refractivity contribution in [1.82, 2.24) is 0 Å². The van der Waals surface area contributed by atoms with Crippen LogP contribution in [0.2, 0.25) is 0 Å². The molecule has 6 rings (SSSR count). The Morgan fingerprint density at radius 2 is 1.61 bits per heavy atom. The molecule has 1 aromatic heterocycles. The van der Waals surface area contributed by atoms with E-state index in [1.807, 2.05) is 23.1 Å². The molecule has 0 fully saturated rings. The molecule has 0 saturated heterocycles. The second kappa shape index (κ2) is 12.0. The summed E-state index contributed by atoms with van der Waals surface area (Å²) in [5.74, 6) is 0.639. The van der Waals surface area contributed by atoms with Gasteiger partial charge in [-0.25, -0.2) is 0 Å². The molecule has 2 unspecified atom stereocenters. The number of hydrogen-bond donors (Lipinski definition) is 0. The van der Waals surface area contributed by atoms with E-state index >= 15 is 0 Å². The summed E-state index contributed by atoms with van der Waals surface area (Å²) >= 11 is 5.41. The predicted molar refractivity (Wildman–Crippen MR) is 133 cm³/mol. The van der Waals surface area contributed by atoms with E-state index in [0.29, 0.717) is 9.54 Å². The minimum atomic E-state index is 0. The van der Waals surface area contributed by atoms with Gasteiger partial charge in [-0.1, -0.05) is 43.0 Å². The van der Waals surface area contributed by atoms with E-state index in [1.54, 1.807) is 24.7 Å². The van der Waals surface area contributed by atoms with E-state index < -0.39 is 0 Å². The third-order valence-corrected chi connectivity index (χ3v) is 9.79. The van der Waals surface area contributed by atoms with Crippen molar-refractivity contribution in [3.8, 4) is 10.4 Å². The molecule has 3 aliphatic rings. The number of fused-ring (bicyclic) bond motifs is 2. The van der Waals surface area contributed by atoms with E-state index in [2.05, 4.69) is 104 Å². The summed E-state index contributed by atoms with van der Waals surface area (Å²) in [4.78, 5) is 5.80. The maximum absolute atomic E-state index is 2.37. The van der Waals surface area contributed by atoms with Crippen LogP contribution in [0.15, 0.2) is 101 Å². The Hall–Kier alpha value is -1.09. The Balaban J connectivity index is 0.000000217. The van der Waals surface area contributed by atoms with Gasteiger partial charge in [0.1, 0.15) is 0 Å². The number of allylic oxidation sites excluding steroid dienone is 7. The molecule has 33 heavy (non-hydrogen) atoms. The van der Waals surface area contributed by atoms with Gasteiger partial charge < -0.3 is 24.8 Å². The molecule has 1 aliphatic heterocycles. The fourth-order valence-corrected chi connectivity index (χ4v) is 7.72. The van der Waals surface area contributed by atoms with Crippen molar-refractivity contribution in [2.24, 2.45) is 5.92 Å². The fourth-order valence-electron chi connectivity index (χ4n) is 4.08. The van der Waals surface area contributed by atoms with Gasteiger partial charge in [-0.2, -0.15) is 0 Å². The van der Waals surface area contributed by atoms with E-state index in [4.69, 9.17) is 0 Å². The van der Waals surface area contributed by atoms with Gasteiger partial charge in [-0.15, -0.1) is 0 Å². The van der Waals surface area contributed by atoms with E-state index in [9.17, 15) is 0 Å². The standard InChI is InChI=1S/C19H13S.C9H10S.2ClH.Zr/c1-2-6-14(7-3-1)18-10-11-19(20-18)17-12-15-8-4-5-9-16(15)13-17;1-2-8-6-7-4-3-5-9(7)10-8;;;/h1-13H;3-7H,2H2,1H3;2*1H;/q;;;;+2/p-2. The van der Waals surface area contributed by atoms with Crippen molar-refractivity contribution in [2.45, 2.75) is 17.0 Å². The first kappa shape index (κ1) is 26.5. The zero-order valence-corrected chi connectivity index (χ0v) is 23.8. The summed E-state index contributed by atoms with van der Waals surface area (Å²) in [6.45, 7) is 2.21. The third kappa shape index (κ3) is 5.77. The Morgan fingerprint density at radius 3 is 2.33 bits per heavy atom. The first-order valence-corrected chi connectivity index (χ1v) is 13.7. The normalized spacial score (nSPS) is 19.2. The average Bonchev–Trinajstić information content (AvgIpc) is 3.58. The SMILES string of the molecule is CCC1=CC2C=CC=C2S1.[Cl-].[Cl-].[Zr+2][CH]1C(c2ccc(-c3ccccc3)s2)=Cc2ccccc21. The molecule has 0 N–H and O–H groups in total. The molecule has 2 aromatic carbocycles. The Kier molecular flexibility index (Phi) is 9.68. The van der Waals surface area contributed by atoms with Crippen LogP contribution in [0, 0.1) is 5.92 Å². The summed E-state index contributed by atoms with van der Waals surface area (Å²) in [6, 6.07) is 23.9. The van der Waals surface area contributed by atoms with Crippen LogP contribution in [-0.2, 0) is 24.7 Å². The molecule has 0 amide bonds. The first-order valence-electron chi connectivity index (χ1n) is 10.7. The second-order valence-electron chi connectivity index (χ2n) is 7.76. The van der Waals surface area contributed by atoms with Gasteiger partial charge in [-0.05, 0) is 11.3 Å². The Morgan fingerprint density at radius 1 is 0.879 bits per heavy atom. The van der Waals surface area contributed by atoms with E-state index in [0.717, 1.165) is 0 Å². The number of rotatable bonds is 3. The molecule has 2 heterocycles. The van der Waals surface area contributed by atoms with Crippen LogP contribution in [0.4, 0.5) is 0 Å². The van der Waals surface area contributed by atoms with Crippen molar-refractivity contribution >= 4 is 34.7 Å². The molecule has 0 saturated carbocycles. The molecule has 0 bridgehead atoms. The Labute approximate surface area is 232 Å². The first-order chi connectivity index (χ1) is 15.2. The van der Waals surface area contributed by atoms with Crippen LogP contribution in [-0.4, -0.2) is 0 Å². The van der Waals surface area contributed by atoms with Gasteiger partial charge in [-0.3, -0.25) is 0 Å². The quantitative estimate of drug-likeness (QED) is 0.456. The number of thiophene rings is 1. The average molecular weight is 586 g/mol. The molecule has 2 atom stereocenters. The second-order valence-corrected chi connectivity index (χ2v) is 11.5. The van der Waals surface area contributed by atoms with Crippen LogP contribution in [0.3, 0.4) is 0 Å². The van der Waals surface area contributed by atoms with Gasteiger partial charge in [0.25, 0.3) is 0 Å². The molecule has 5 heteroatoms. The third-order valence-electron chi connectivity index (χ3n) is 5.75. The van der Waals surface area contributed by atoms with Crippen LogP contribution in [0.25, 0.3) is 22.1 Å². The molecular formula is C28H23Cl2S2Zr. The molecule has 165 valence electrons. The number of thioether (sulfide) groups is 1. The number of hydrogen-bond acceptors (Lipinski definition) is 2. The summed E-state index contributed by atoms with van der Waals surface area (Å²) in [5, 5.41) is 0. The molecule has 0 spiro atoms. The van der Waals surface area contributed by atoms with Crippen LogP contribution in [0.5, 0.6) is 0 Å². The van der Waals surface area contributed by atoms with Crippen molar-refractivity contribution in [1.29, 1.82) is 0 Å². The molecular weight excluding hydrogens is 563 g/mol. The van der Waals surface area contributed by atoms with Gasteiger partial charge in [0.15, 0.2) is 0 Å². The van der Waals surface area contributed by atoms with Crippen molar-refractivity contribution < 1.29 is 49.5 Å². The fraction of sp³-hybridized carbons (Fsp3) is 0.143. The van der Waals surface area contributed by atoms with Crippen molar-refractivity contribution in [3.05, 3.63) is 117 Å². The summed E-state index contributed by atoms with van der Waals surface area (Å²) in [5.41, 5.74) is 5.68. The van der Waals surface area contributed by atoms with Gasteiger partial charge in [0.05, 0.1) is 0 Å². The van der Waals surface area contributed by atoms with E-state index in [-0.39, 0.29) is 24.8 Å². The predicted octanol–water partition coefficient (Wildman–Crippen LogP) is 2.66. The Bertz CT molecular complexity index is 1220. The summed E-state index contributed by atoms with van der Waals surface area (Å²) in [6.07, 6.45) is 12.5. The molecule has 2 aliphatic carbocycles. The topological polar surface area (TPSA) is 0 Å². The van der Waals surface area contributed by atoms with Crippen LogP contribution < -0.4 is 24.8 Å². The van der Waals surface area contributed by atoms with Gasteiger partial charge in [0.2, 0.25) is 0 Å². The van der Waals surface area contributed by atoms with Gasteiger partial charge >= 0.3 is 145 Å². The van der Waals surface area contributed by atoms with Crippen LogP contribution in [0.1, 0.15) is 33.0 Å². The minimum absolute atomic E-state index is 0. The maximum atomic E-state index is 2.37. The molecule has 0 radical (unpaired) electrons. The number of benzene rings is 2. The van der Waals surface area contributed by atoms with Crippen molar-refractivity contribution in [2.75, 3.05) is 0 Å². The van der Waals surface area contributed by atoms with Crippen molar-refractivity contribution in [3.63, 3.8) is 0 Å². The summed E-state index contributed by atoms with van der Waals surface area (Å²) in [7, 11) is 0. The zero-order chi connectivity index (χ0) is 21.2. The van der Waals surface area contributed by atoms with E-state index in [1.165, 1.54) is 48.2 Å². The number of halogens is 2. The van der Waals surface area contributed by atoms with Crippen LogP contribution >= 0.6 is 23.1 Å². The van der Waals surface area contributed by atoms with Gasteiger partial charge in [0, 0.05) is 10.8 Å². The molecule has 0 nitrogen and oxygen atoms in total. The summed E-state index contributed by atoms with van der Waals surface area (Å²) < 4.78 is 0.579. The zero-order valence-electron chi connectivity index (χ0n) is 18.2.